The van der Waals surface area contributed by atoms with Crippen molar-refractivity contribution in [2.75, 3.05) is 37.6 Å². The van der Waals surface area contributed by atoms with E-state index in [1.165, 1.54) is 13.0 Å². The van der Waals surface area contributed by atoms with E-state index in [0.717, 1.165) is 43.6 Å². The maximum atomic E-state index is 4.38. The van der Waals surface area contributed by atoms with Crippen molar-refractivity contribution in [3.8, 4) is 0 Å². The van der Waals surface area contributed by atoms with Gasteiger partial charge in [-0.05, 0) is 36.9 Å². The molecule has 4 nitrogen and oxygen atoms in total. The van der Waals surface area contributed by atoms with Crippen LogP contribution in [-0.4, -0.2) is 47.8 Å². The van der Waals surface area contributed by atoms with Gasteiger partial charge in [-0.15, -0.1) is 5.10 Å². The van der Waals surface area contributed by atoms with Crippen LogP contribution in [0.25, 0.3) is 0 Å². The first kappa shape index (κ1) is 15.2. The minimum absolute atomic E-state index is 0.449. The standard InChI is InChI=1S/C16H28N4/c1-13(2)7-8-19-9-11-20(12-10-19)16-6-5-15(14(3)4)17-18-16/h5-6,13-14H,7-12H2,1-4H3. The van der Waals surface area contributed by atoms with Gasteiger partial charge in [0.25, 0.3) is 0 Å². The Balaban J connectivity index is 1.84. The van der Waals surface area contributed by atoms with E-state index in [2.05, 4.69) is 59.8 Å². The van der Waals surface area contributed by atoms with Crippen LogP contribution in [-0.2, 0) is 0 Å². The van der Waals surface area contributed by atoms with Crippen molar-refractivity contribution in [2.24, 2.45) is 5.92 Å². The van der Waals surface area contributed by atoms with Crippen LogP contribution < -0.4 is 4.90 Å². The van der Waals surface area contributed by atoms with Gasteiger partial charge in [-0.3, -0.25) is 4.90 Å². The summed E-state index contributed by atoms with van der Waals surface area (Å²) < 4.78 is 0. The largest absolute Gasteiger partial charge is 0.353 e. The summed E-state index contributed by atoms with van der Waals surface area (Å²) in [7, 11) is 0. The van der Waals surface area contributed by atoms with Gasteiger partial charge in [0, 0.05) is 26.2 Å². The predicted molar refractivity (Wildman–Crippen MR) is 84.2 cm³/mol. The molecule has 0 aromatic carbocycles. The van der Waals surface area contributed by atoms with E-state index in [0.29, 0.717) is 5.92 Å². The minimum atomic E-state index is 0.449. The van der Waals surface area contributed by atoms with Gasteiger partial charge in [0.15, 0.2) is 5.82 Å². The minimum Gasteiger partial charge on any atom is -0.353 e. The second-order valence-electron chi connectivity index (χ2n) is 6.48. The van der Waals surface area contributed by atoms with Gasteiger partial charge in [0.05, 0.1) is 5.69 Å². The summed E-state index contributed by atoms with van der Waals surface area (Å²) in [4.78, 5) is 4.91. The summed E-state index contributed by atoms with van der Waals surface area (Å²) in [6.07, 6.45) is 1.29. The highest BCUT2D eigenvalue weighted by Crippen LogP contribution is 2.16. The highest BCUT2D eigenvalue weighted by Gasteiger charge is 2.18. The van der Waals surface area contributed by atoms with Gasteiger partial charge >= 0.3 is 0 Å². The monoisotopic (exact) mass is 276 g/mol. The molecule has 4 heteroatoms. The van der Waals surface area contributed by atoms with Gasteiger partial charge < -0.3 is 4.90 Å². The van der Waals surface area contributed by atoms with Crippen molar-refractivity contribution >= 4 is 5.82 Å². The lowest BCUT2D eigenvalue weighted by Gasteiger charge is -2.35. The molecule has 20 heavy (non-hydrogen) atoms. The average molecular weight is 276 g/mol. The molecule has 0 amide bonds. The number of aromatic nitrogens is 2. The van der Waals surface area contributed by atoms with Crippen molar-refractivity contribution in [3.05, 3.63) is 17.8 Å². The Labute approximate surface area is 123 Å². The molecule has 0 saturated carbocycles. The molecule has 0 radical (unpaired) electrons. The summed E-state index contributed by atoms with van der Waals surface area (Å²) in [6, 6.07) is 4.23. The van der Waals surface area contributed by atoms with Crippen molar-refractivity contribution in [1.82, 2.24) is 15.1 Å². The average Bonchev–Trinajstić information content (AvgIpc) is 2.46. The van der Waals surface area contributed by atoms with Gasteiger partial charge in [-0.25, -0.2) is 0 Å². The molecule has 0 bridgehead atoms. The van der Waals surface area contributed by atoms with Crippen LogP contribution in [0.15, 0.2) is 12.1 Å². The molecule has 0 N–H and O–H groups in total. The Bertz CT molecular complexity index is 391. The van der Waals surface area contributed by atoms with Crippen LogP contribution in [0.1, 0.15) is 45.7 Å². The summed E-state index contributed by atoms with van der Waals surface area (Å²) >= 11 is 0. The fourth-order valence-electron chi connectivity index (χ4n) is 2.45. The van der Waals surface area contributed by atoms with Crippen LogP contribution >= 0.6 is 0 Å². The topological polar surface area (TPSA) is 32.3 Å². The maximum Gasteiger partial charge on any atom is 0.151 e. The lowest BCUT2D eigenvalue weighted by molar-refractivity contribution is 0.243. The Morgan fingerprint density at radius 1 is 1.00 bits per heavy atom. The highest BCUT2D eigenvalue weighted by atomic mass is 15.3. The summed E-state index contributed by atoms with van der Waals surface area (Å²) in [5, 5.41) is 8.71. The second kappa shape index (κ2) is 7.02. The second-order valence-corrected chi connectivity index (χ2v) is 6.48. The third kappa shape index (κ3) is 4.17. The lowest BCUT2D eigenvalue weighted by atomic mass is 10.1. The zero-order valence-corrected chi connectivity index (χ0v) is 13.3. The SMILES string of the molecule is CC(C)CCN1CCN(c2ccc(C(C)C)nn2)CC1. The van der Waals surface area contributed by atoms with E-state index in [9.17, 15) is 0 Å². The quantitative estimate of drug-likeness (QED) is 0.828. The Kier molecular flexibility index (Phi) is 5.35. The number of nitrogens with zero attached hydrogens (tertiary/aromatic N) is 4. The third-order valence-electron chi connectivity index (χ3n) is 3.98. The smallest absolute Gasteiger partial charge is 0.151 e. The Morgan fingerprint density at radius 3 is 2.20 bits per heavy atom. The molecule has 1 fully saturated rings. The molecule has 1 aromatic heterocycles. The van der Waals surface area contributed by atoms with E-state index >= 15 is 0 Å². The first-order valence-electron chi connectivity index (χ1n) is 7.87. The van der Waals surface area contributed by atoms with Gasteiger partial charge in [0.1, 0.15) is 0 Å². The van der Waals surface area contributed by atoms with Crippen LogP contribution in [0.4, 0.5) is 5.82 Å². The summed E-state index contributed by atoms with van der Waals surface area (Å²) in [5.74, 6) is 2.27. The lowest BCUT2D eigenvalue weighted by Crippen LogP contribution is -2.47. The third-order valence-corrected chi connectivity index (χ3v) is 3.98. The molecule has 0 spiro atoms. The highest BCUT2D eigenvalue weighted by molar-refractivity contribution is 5.38. The van der Waals surface area contributed by atoms with Crippen molar-refractivity contribution in [2.45, 2.75) is 40.0 Å². The molecule has 0 aliphatic carbocycles. The van der Waals surface area contributed by atoms with Crippen LogP contribution in [0.5, 0.6) is 0 Å². The van der Waals surface area contributed by atoms with E-state index in [-0.39, 0.29) is 0 Å². The molecular formula is C16H28N4. The molecule has 1 aromatic rings. The number of hydrogen-bond donors (Lipinski definition) is 0. The summed E-state index contributed by atoms with van der Waals surface area (Å²) in [6.45, 7) is 14.5. The Hall–Kier alpha value is -1.16. The fraction of sp³-hybridized carbons (Fsp3) is 0.750. The van der Waals surface area contributed by atoms with Gasteiger partial charge in [0.2, 0.25) is 0 Å². The zero-order chi connectivity index (χ0) is 14.5. The molecule has 2 rings (SSSR count). The molecule has 0 unspecified atom stereocenters. The number of piperazine rings is 1. The molecule has 112 valence electrons. The van der Waals surface area contributed by atoms with Crippen LogP contribution in [0.3, 0.4) is 0 Å². The van der Waals surface area contributed by atoms with Crippen molar-refractivity contribution < 1.29 is 0 Å². The maximum absolute atomic E-state index is 4.38. The van der Waals surface area contributed by atoms with E-state index in [1.807, 2.05) is 0 Å². The molecule has 0 atom stereocenters. The first-order chi connectivity index (χ1) is 9.56. The first-order valence-corrected chi connectivity index (χ1v) is 7.87. The molecule has 1 saturated heterocycles. The summed E-state index contributed by atoms with van der Waals surface area (Å²) in [5.41, 5.74) is 1.07. The normalized spacial score (nSPS) is 17.2. The number of rotatable bonds is 5. The van der Waals surface area contributed by atoms with Crippen molar-refractivity contribution in [1.29, 1.82) is 0 Å². The van der Waals surface area contributed by atoms with E-state index in [1.54, 1.807) is 0 Å². The van der Waals surface area contributed by atoms with Gasteiger partial charge in [-0.1, -0.05) is 27.7 Å². The van der Waals surface area contributed by atoms with Gasteiger partial charge in [-0.2, -0.15) is 5.10 Å². The number of anilines is 1. The molecular weight excluding hydrogens is 248 g/mol. The van der Waals surface area contributed by atoms with E-state index in [4.69, 9.17) is 0 Å². The molecule has 2 heterocycles. The van der Waals surface area contributed by atoms with E-state index < -0.39 is 0 Å². The van der Waals surface area contributed by atoms with Crippen LogP contribution in [0, 0.1) is 5.92 Å². The molecule has 1 aliphatic heterocycles. The zero-order valence-electron chi connectivity index (χ0n) is 13.3. The fourth-order valence-corrected chi connectivity index (χ4v) is 2.45. The molecule has 1 aliphatic rings. The van der Waals surface area contributed by atoms with Crippen LogP contribution in [0.2, 0.25) is 0 Å². The Morgan fingerprint density at radius 2 is 1.70 bits per heavy atom. The van der Waals surface area contributed by atoms with Crippen molar-refractivity contribution in [3.63, 3.8) is 0 Å². The predicted octanol–water partition coefficient (Wildman–Crippen LogP) is 2.77. The number of hydrogen-bond acceptors (Lipinski definition) is 4.